The second kappa shape index (κ2) is 6.52. The predicted molar refractivity (Wildman–Crippen MR) is 79.2 cm³/mol. The van der Waals surface area contributed by atoms with E-state index in [4.69, 9.17) is 4.74 Å². The van der Waals surface area contributed by atoms with Crippen LogP contribution in [-0.4, -0.2) is 96.2 Å². The van der Waals surface area contributed by atoms with Crippen LogP contribution in [0.25, 0.3) is 0 Å². The minimum absolute atomic E-state index is 0.0480. The van der Waals surface area contributed by atoms with Gasteiger partial charge in [0.1, 0.15) is 0 Å². The first-order chi connectivity index (χ1) is 10.6. The van der Waals surface area contributed by atoms with Gasteiger partial charge in [0.25, 0.3) is 0 Å². The zero-order chi connectivity index (χ0) is 15.6. The van der Waals surface area contributed by atoms with Gasteiger partial charge >= 0.3 is 0 Å². The van der Waals surface area contributed by atoms with Crippen LogP contribution in [-0.2, 0) is 14.3 Å². The number of β-amino-alcohol motifs (C(OH)–C–C–N with tert-alkyl or cyclic N) is 1. The maximum absolute atomic E-state index is 12.3. The van der Waals surface area contributed by atoms with Crippen LogP contribution in [0.1, 0.15) is 19.3 Å². The van der Waals surface area contributed by atoms with E-state index in [1.807, 2.05) is 0 Å². The van der Waals surface area contributed by atoms with Crippen molar-refractivity contribution in [1.29, 1.82) is 0 Å². The standard InChI is InChI=1S/C15H25N3O4/c19-13-2-1-4-17(13)10-14(20)18-5-3-15(21,12-18)11-16-6-8-22-9-7-16/h21H,1-12H2/t15-/m0/s1. The predicted octanol–water partition coefficient (Wildman–Crippen LogP) is -1.10. The zero-order valence-electron chi connectivity index (χ0n) is 13.0. The summed E-state index contributed by atoms with van der Waals surface area (Å²) in [7, 11) is 0. The molecule has 3 aliphatic heterocycles. The lowest BCUT2D eigenvalue weighted by molar-refractivity contribution is -0.138. The van der Waals surface area contributed by atoms with Crippen LogP contribution in [0.4, 0.5) is 0 Å². The Morgan fingerprint density at radius 2 is 2.00 bits per heavy atom. The Balaban J connectivity index is 1.49. The van der Waals surface area contributed by atoms with Crippen molar-refractivity contribution in [3.05, 3.63) is 0 Å². The largest absolute Gasteiger partial charge is 0.387 e. The van der Waals surface area contributed by atoms with Gasteiger partial charge in [0.15, 0.2) is 0 Å². The summed E-state index contributed by atoms with van der Waals surface area (Å²) in [5.74, 6) is 0.0178. The Kier molecular flexibility index (Phi) is 4.65. The summed E-state index contributed by atoms with van der Waals surface area (Å²) >= 11 is 0. The van der Waals surface area contributed by atoms with E-state index in [1.165, 1.54) is 0 Å². The third kappa shape index (κ3) is 3.59. The summed E-state index contributed by atoms with van der Waals surface area (Å²) in [6, 6.07) is 0. The van der Waals surface area contributed by atoms with Crippen molar-refractivity contribution in [3.8, 4) is 0 Å². The third-order valence-corrected chi connectivity index (χ3v) is 4.80. The molecule has 0 aromatic carbocycles. The molecule has 0 aromatic heterocycles. The topological polar surface area (TPSA) is 73.3 Å². The van der Waals surface area contributed by atoms with Crippen molar-refractivity contribution in [2.45, 2.75) is 24.9 Å². The van der Waals surface area contributed by atoms with Crippen molar-refractivity contribution in [2.75, 3.05) is 59.0 Å². The molecule has 3 rings (SSSR count). The number of amides is 2. The molecule has 3 saturated heterocycles. The number of hydrogen-bond donors (Lipinski definition) is 1. The zero-order valence-corrected chi connectivity index (χ0v) is 13.0. The van der Waals surface area contributed by atoms with Crippen molar-refractivity contribution in [3.63, 3.8) is 0 Å². The van der Waals surface area contributed by atoms with Gasteiger partial charge in [-0.25, -0.2) is 0 Å². The maximum atomic E-state index is 12.3. The summed E-state index contributed by atoms with van der Waals surface area (Å²) in [6.45, 7) is 5.43. The molecule has 124 valence electrons. The quantitative estimate of drug-likeness (QED) is 0.714. The molecular formula is C15H25N3O4. The maximum Gasteiger partial charge on any atom is 0.242 e. The number of carbonyl (C=O) groups is 2. The molecule has 0 saturated carbocycles. The Labute approximate surface area is 130 Å². The van der Waals surface area contributed by atoms with Crippen LogP contribution in [0.2, 0.25) is 0 Å². The van der Waals surface area contributed by atoms with Crippen LogP contribution in [0.3, 0.4) is 0 Å². The highest BCUT2D eigenvalue weighted by Gasteiger charge is 2.40. The molecule has 1 atom stereocenters. The van der Waals surface area contributed by atoms with Gasteiger partial charge in [-0.1, -0.05) is 0 Å². The van der Waals surface area contributed by atoms with E-state index in [1.54, 1.807) is 9.80 Å². The number of aliphatic hydroxyl groups is 1. The second-order valence-corrected chi connectivity index (χ2v) is 6.60. The molecule has 0 bridgehead atoms. The molecule has 0 spiro atoms. The van der Waals surface area contributed by atoms with Gasteiger partial charge < -0.3 is 19.6 Å². The molecule has 0 aromatic rings. The molecule has 0 unspecified atom stereocenters. The number of ether oxygens (including phenoxy) is 1. The first-order valence-electron chi connectivity index (χ1n) is 8.14. The van der Waals surface area contributed by atoms with E-state index in [0.717, 1.165) is 19.5 Å². The molecule has 3 fully saturated rings. The Morgan fingerprint density at radius 3 is 2.68 bits per heavy atom. The molecule has 7 heteroatoms. The van der Waals surface area contributed by atoms with Gasteiger partial charge in [0.2, 0.25) is 11.8 Å². The van der Waals surface area contributed by atoms with Crippen LogP contribution < -0.4 is 0 Å². The summed E-state index contributed by atoms with van der Waals surface area (Å²) in [6.07, 6.45) is 1.99. The van der Waals surface area contributed by atoms with Gasteiger partial charge in [-0.15, -0.1) is 0 Å². The highest BCUT2D eigenvalue weighted by molar-refractivity contribution is 5.86. The summed E-state index contributed by atoms with van der Waals surface area (Å²) in [4.78, 5) is 29.4. The van der Waals surface area contributed by atoms with Gasteiger partial charge in [-0.2, -0.15) is 0 Å². The molecular weight excluding hydrogens is 286 g/mol. The fourth-order valence-electron chi connectivity index (χ4n) is 3.51. The van der Waals surface area contributed by atoms with Crippen LogP contribution in [0, 0.1) is 0 Å². The van der Waals surface area contributed by atoms with Crippen LogP contribution in [0.15, 0.2) is 0 Å². The van der Waals surface area contributed by atoms with Crippen LogP contribution in [0.5, 0.6) is 0 Å². The summed E-state index contributed by atoms with van der Waals surface area (Å²) in [5.41, 5.74) is -0.831. The SMILES string of the molecule is O=C1CCCN1CC(=O)N1CC[C@](O)(CN2CCOCC2)C1. The Hall–Kier alpha value is -1.18. The Morgan fingerprint density at radius 1 is 1.23 bits per heavy atom. The third-order valence-electron chi connectivity index (χ3n) is 4.80. The highest BCUT2D eigenvalue weighted by Crippen LogP contribution is 2.23. The smallest absolute Gasteiger partial charge is 0.242 e. The lowest BCUT2D eigenvalue weighted by atomic mass is 10.0. The molecule has 7 nitrogen and oxygen atoms in total. The van der Waals surface area contributed by atoms with E-state index >= 15 is 0 Å². The fraction of sp³-hybridized carbons (Fsp3) is 0.867. The molecule has 0 aliphatic carbocycles. The number of rotatable bonds is 4. The number of carbonyl (C=O) groups excluding carboxylic acids is 2. The molecule has 2 amide bonds. The van der Waals surface area contributed by atoms with E-state index in [0.29, 0.717) is 52.2 Å². The minimum Gasteiger partial charge on any atom is -0.387 e. The molecule has 1 N–H and O–H groups in total. The number of morpholine rings is 1. The van der Waals surface area contributed by atoms with Crippen molar-refractivity contribution in [1.82, 2.24) is 14.7 Å². The summed E-state index contributed by atoms with van der Waals surface area (Å²) in [5, 5.41) is 10.7. The van der Waals surface area contributed by atoms with Gasteiger partial charge in [-0.05, 0) is 12.8 Å². The Bertz CT molecular complexity index is 439. The first-order valence-corrected chi connectivity index (χ1v) is 8.14. The van der Waals surface area contributed by atoms with Crippen molar-refractivity contribution < 1.29 is 19.4 Å². The van der Waals surface area contributed by atoms with E-state index in [-0.39, 0.29) is 18.4 Å². The monoisotopic (exact) mass is 311 g/mol. The lowest BCUT2D eigenvalue weighted by Gasteiger charge is -2.33. The highest BCUT2D eigenvalue weighted by atomic mass is 16.5. The summed E-state index contributed by atoms with van der Waals surface area (Å²) < 4.78 is 5.32. The van der Waals surface area contributed by atoms with E-state index < -0.39 is 5.60 Å². The van der Waals surface area contributed by atoms with E-state index in [9.17, 15) is 14.7 Å². The minimum atomic E-state index is -0.831. The molecule has 3 aliphatic rings. The van der Waals surface area contributed by atoms with E-state index in [2.05, 4.69) is 4.90 Å². The normalized spacial score (nSPS) is 30.3. The van der Waals surface area contributed by atoms with Gasteiger partial charge in [0.05, 0.1) is 31.9 Å². The van der Waals surface area contributed by atoms with Crippen LogP contribution >= 0.6 is 0 Å². The second-order valence-electron chi connectivity index (χ2n) is 6.60. The average Bonchev–Trinajstić information content (AvgIpc) is 3.07. The number of hydrogen-bond acceptors (Lipinski definition) is 5. The molecule has 3 heterocycles. The number of nitrogens with zero attached hydrogens (tertiary/aromatic N) is 3. The van der Waals surface area contributed by atoms with Crippen molar-refractivity contribution >= 4 is 11.8 Å². The first kappa shape index (κ1) is 15.7. The van der Waals surface area contributed by atoms with Gasteiger partial charge in [-0.3, -0.25) is 14.5 Å². The van der Waals surface area contributed by atoms with Gasteiger partial charge in [0, 0.05) is 39.1 Å². The molecule has 22 heavy (non-hydrogen) atoms. The lowest BCUT2D eigenvalue weighted by Crippen LogP contribution is -2.49. The fourth-order valence-corrected chi connectivity index (χ4v) is 3.51. The van der Waals surface area contributed by atoms with Crippen molar-refractivity contribution in [2.24, 2.45) is 0 Å². The average molecular weight is 311 g/mol. The molecule has 0 radical (unpaired) electrons. The number of likely N-dealkylation sites (tertiary alicyclic amines) is 2.